The number of nitrogens with one attached hydrogen (secondary N) is 2. The molecule has 0 aliphatic carbocycles. The quantitative estimate of drug-likeness (QED) is 0.890. The monoisotopic (exact) mass is 303 g/mol. The molecule has 1 aromatic carbocycles. The lowest BCUT2D eigenvalue weighted by Gasteiger charge is -2.26. The lowest BCUT2D eigenvalue weighted by molar-refractivity contribution is -0.137. The Morgan fingerprint density at radius 1 is 1.36 bits per heavy atom. The first-order chi connectivity index (χ1) is 10.5. The second-order valence-corrected chi connectivity index (χ2v) is 6.03. The van der Waals surface area contributed by atoms with Gasteiger partial charge in [0, 0.05) is 19.3 Å². The van der Waals surface area contributed by atoms with E-state index < -0.39 is 0 Å². The number of likely N-dealkylation sites (N-methyl/N-ethyl adjacent to an activating group) is 1. The Bertz CT molecular complexity index is 551. The number of aryl methyl sites for hydroxylation is 1. The molecule has 2 N–H and O–H groups in total. The summed E-state index contributed by atoms with van der Waals surface area (Å²) in [5.74, 6) is -0.121. The van der Waals surface area contributed by atoms with Crippen LogP contribution in [0, 0.1) is 19.8 Å². The lowest BCUT2D eigenvalue weighted by Crippen LogP contribution is -2.43. The van der Waals surface area contributed by atoms with Crippen LogP contribution in [0.25, 0.3) is 0 Å². The molecule has 1 fully saturated rings. The van der Waals surface area contributed by atoms with Crippen molar-refractivity contribution >= 4 is 17.5 Å². The van der Waals surface area contributed by atoms with Crippen molar-refractivity contribution in [1.82, 2.24) is 10.2 Å². The van der Waals surface area contributed by atoms with Gasteiger partial charge in [-0.2, -0.15) is 0 Å². The molecule has 1 heterocycles. The number of carbonyl (C=O) groups excluding carboxylic acids is 2. The highest BCUT2D eigenvalue weighted by Crippen LogP contribution is 2.18. The molecule has 2 amide bonds. The van der Waals surface area contributed by atoms with Crippen LogP contribution < -0.4 is 10.6 Å². The van der Waals surface area contributed by atoms with Crippen LogP contribution >= 0.6 is 0 Å². The maximum Gasteiger partial charge on any atom is 0.243 e. The minimum atomic E-state index is -0.159. The minimum absolute atomic E-state index is 0.00717. The molecule has 0 saturated carbocycles. The largest absolute Gasteiger partial charge is 0.336 e. The normalized spacial score (nSPS) is 17.9. The van der Waals surface area contributed by atoms with Gasteiger partial charge in [0.1, 0.15) is 0 Å². The number of anilines is 1. The minimum Gasteiger partial charge on any atom is -0.336 e. The number of rotatable bonds is 4. The number of hydrogen-bond donors (Lipinski definition) is 2. The third-order valence-electron chi connectivity index (χ3n) is 4.28. The van der Waals surface area contributed by atoms with Gasteiger partial charge in [0.05, 0.1) is 12.5 Å². The highest BCUT2D eigenvalue weighted by Gasteiger charge is 2.25. The molecule has 0 spiro atoms. The molecule has 5 nitrogen and oxygen atoms in total. The maximum absolute atomic E-state index is 12.3. The summed E-state index contributed by atoms with van der Waals surface area (Å²) < 4.78 is 0. The second kappa shape index (κ2) is 7.40. The second-order valence-electron chi connectivity index (χ2n) is 6.03. The third kappa shape index (κ3) is 4.07. The molecule has 22 heavy (non-hydrogen) atoms. The molecule has 2 rings (SSSR count). The van der Waals surface area contributed by atoms with Gasteiger partial charge in [0.2, 0.25) is 11.8 Å². The van der Waals surface area contributed by atoms with Crippen LogP contribution in [0.4, 0.5) is 5.69 Å². The van der Waals surface area contributed by atoms with E-state index in [2.05, 4.69) is 10.6 Å². The molecule has 1 aromatic rings. The van der Waals surface area contributed by atoms with Crippen LogP contribution in [-0.2, 0) is 9.59 Å². The Labute approximate surface area is 132 Å². The molecule has 1 saturated heterocycles. The van der Waals surface area contributed by atoms with E-state index in [-0.39, 0.29) is 24.3 Å². The van der Waals surface area contributed by atoms with Crippen molar-refractivity contribution in [3.63, 3.8) is 0 Å². The van der Waals surface area contributed by atoms with Crippen LogP contribution in [-0.4, -0.2) is 43.4 Å². The van der Waals surface area contributed by atoms with E-state index in [1.807, 2.05) is 32.0 Å². The van der Waals surface area contributed by atoms with Gasteiger partial charge in [0.25, 0.3) is 0 Å². The summed E-state index contributed by atoms with van der Waals surface area (Å²) in [4.78, 5) is 26.0. The van der Waals surface area contributed by atoms with Gasteiger partial charge in [-0.1, -0.05) is 12.1 Å². The topological polar surface area (TPSA) is 61.4 Å². The summed E-state index contributed by atoms with van der Waals surface area (Å²) >= 11 is 0. The van der Waals surface area contributed by atoms with Crippen molar-refractivity contribution in [3.8, 4) is 0 Å². The third-order valence-corrected chi connectivity index (χ3v) is 4.28. The van der Waals surface area contributed by atoms with Crippen molar-refractivity contribution in [2.75, 3.05) is 32.0 Å². The highest BCUT2D eigenvalue weighted by atomic mass is 16.2. The fourth-order valence-electron chi connectivity index (χ4n) is 2.74. The van der Waals surface area contributed by atoms with Crippen LogP contribution in [0.5, 0.6) is 0 Å². The molecule has 0 aromatic heterocycles. The van der Waals surface area contributed by atoms with E-state index >= 15 is 0 Å². The van der Waals surface area contributed by atoms with Gasteiger partial charge >= 0.3 is 0 Å². The molecule has 1 atom stereocenters. The number of amides is 2. The molecule has 120 valence electrons. The Kier molecular flexibility index (Phi) is 5.55. The van der Waals surface area contributed by atoms with Crippen molar-refractivity contribution in [3.05, 3.63) is 29.3 Å². The smallest absolute Gasteiger partial charge is 0.243 e. The van der Waals surface area contributed by atoms with Crippen LogP contribution in [0.1, 0.15) is 24.0 Å². The van der Waals surface area contributed by atoms with Gasteiger partial charge in [-0.05, 0) is 50.4 Å². The summed E-state index contributed by atoms with van der Waals surface area (Å²) in [5.41, 5.74) is 3.00. The van der Waals surface area contributed by atoms with Gasteiger partial charge in [-0.25, -0.2) is 0 Å². The van der Waals surface area contributed by atoms with Crippen LogP contribution in [0.2, 0.25) is 0 Å². The van der Waals surface area contributed by atoms with Crippen molar-refractivity contribution in [2.45, 2.75) is 26.7 Å². The standard InChI is InChI=1S/C17H25N3O2/c1-12-6-4-8-15(13(12)2)19-16(21)11-20(3)17(22)14-7-5-9-18-10-14/h4,6,8,14,18H,5,7,9-11H2,1-3H3,(H,19,21). The summed E-state index contributed by atoms with van der Waals surface area (Å²) in [5, 5.41) is 6.12. The number of benzene rings is 1. The highest BCUT2D eigenvalue weighted by molar-refractivity contribution is 5.95. The fraction of sp³-hybridized carbons (Fsp3) is 0.529. The van der Waals surface area contributed by atoms with Crippen molar-refractivity contribution < 1.29 is 9.59 Å². The fourth-order valence-corrected chi connectivity index (χ4v) is 2.74. The Hall–Kier alpha value is -1.88. The zero-order valence-electron chi connectivity index (χ0n) is 13.6. The SMILES string of the molecule is Cc1cccc(NC(=O)CN(C)C(=O)C2CCCNC2)c1C. The van der Waals surface area contributed by atoms with Gasteiger partial charge in [0.15, 0.2) is 0 Å². The van der Waals surface area contributed by atoms with E-state index in [0.29, 0.717) is 6.54 Å². The predicted molar refractivity (Wildman–Crippen MR) is 87.8 cm³/mol. The lowest BCUT2D eigenvalue weighted by atomic mass is 9.98. The molecule has 1 aliphatic rings. The first-order valence-corrected chi connectivity index (χ1v) is 7.81. The first-order valence-electron chi connectivity index (χ1n) is 7.81. The van der Waals surface area contributed by atoms with Crippen molar-refractivity contribution in [1.29, 1.82) is 0 Å². The Morgan fingerprint density at radius 2 is 2.14 bits per heavy atom. The van der Waals surface area contributed by atoms with Gasteiger partial charge in [-0.15, -0.1) is 0 Å². The van der Waals surface area contributed by atoms with Gasteiger partial charge in [-0.3, -0.25) is 9.59 Å². The first kappa shape index (κ1) is 16.5. The number of piperidine rings is 1. The van der Waals surface area contributed by atoms with E-state index in [9.17, 15) is 9.59 Å². The van der Waals surface area contributed by atoms with E-state index in [0.717, 1.165) is 36.2 Å². The summed E-state index contributed by atoms with van der Waals surface area (Å²) in [6, 6.07) is 5.81. The Balaban J connectivity index is 1.90. The molecule has 1 unspecified atom stereocenters. The predicted octanol–water partition coefficient (Wildman–Crippen LogP) is 1.70. The molecule has 1 aliphatic heterocycles. The number of nitrogens with zero attached hydrogens (tertiary/aromatic N) is 1. The zero-order valence-corrected chi connectivity index (χ0v) is 13.6. The van der Waals surface area contributed by atoms with E-state index in [4.69, 9.17) is 0 Å². The molecular formula is C17H25N3O2. The summed E-state index contributed by atoms with van der Waals surface area (Å²) in [7, 11) is 1.69. The van der Waals surface area contributed by atoms with Crippen LogP contribution in [0.3, 0.4) is 0 Å². The summed E-state index contributed by atoms with van der Waals surface area (Å²) in [6.45, 7) is 5.76. The van der Waals surface area contributed by atoms with Crippen molar-refractivity contribution in [2.24, 2.45) is 5.92 Å². The molecule has 5 heteroatoms. The number of carbonyl (C=O) groups is 2. The maximum atomic E-state index is 12.3. The zero-order chi connectivity index (χ0) is 16.1. The average molecular weight is 303 g/mol. The van der Waals surface area contributed by atoms with Gasteiger partial charge < -0.3 is 15.5 Å². The van der Waals surface area contributed by atoms with E-state index in [1.54, 1.807) is 7.05 Å². The molecule has 0 bridgehead atoms. The Morgan fingerprint density at radius 3 is 2.82 bits per heavy atom. The molecule has 0 radical (unpaired) electrons. The van der Waals surface area contributed by atoms with E-state index in [1.165, 1.54) is 4.90 Å². The molecular weight excluding hydrogens is 278 g/mol. The average Bonchev–Trinajstić information content (AvgIpc) is 2.52. The van der Waals surface area contributed by atoms with Crippen LogP contribution in [0.15, 0.2) is 18.2 Å². The number of hydrogen-bond acceptors (Lipinski definition) is 3. The summed E-state index contributed by atoms with van der Waals surface area (Å²) in [6.07, 6.45) is 1.91.